The number of likely N-dealkylation sites (tertiary alicyclic amines) is 1. The van der Waals surface area contributed by atoms with Crippen molar-refractivity contribution in [3.8, 4) is 17.2 Å². The number of benzene rings is 2. The lowest BCUT2D eigenvalue weighted by atomic mass is 9.94. The third-order valence-electron chi connectivity index (χ3n) is 5.42. The third-order valence-corrected chi connectivity index (χ3v) is 5.42. The quantitative estimate of drug-likeness (QED) is 0.370. The van der Waals surface area contributed by atoms with Gasteiger partial charge in [-0.3, -0.25) is 9.59 Å². The molecule has 2 N–H and O–H groups in total. The molecule has 1 heterocycles. The molecule has 2 aromatic rings. The second-order valence-electron chi connectivity index (χ2n) is 7.78. The number of Topliss-reactive ketones (excluding diaryl/α,β-unsaturated/α-hetero) is 1. The molecule has 1 amide bonds. The molecule has 170 valence electrons. The van der Waals surface area contributed by atoms with Crippen molar-refractivity contribution in [2.75, 3.05) is 41.4 Å². The maximum Gasteiger partial charge on any atom is 0.295 e. The molecule has 1 aliphatic rings. The molecule has 0 spiro atoms. The van der Waals surface area contributed by atoms with Crippen molar-refractivity contribution < 1.29 is 29.3 Å². The van der Waals surface area contributed by atoms with Gasteiger partial charge in [-0.25, -0.2) is 0 Å². The van der Waals surface area contributed by atoms with Crippen molar-refractivity contribution in [1.29, 1.82) is 0 Å². The average Bonchev–Trinajstić information content (AvgIpc) is 3.03. The number of rotatable bonds is 8. The summed E-state index contributed by atoms with van der Waals surface area (Å²) in [6.45, 7) is 1.06. The summed E-state index contributed by atoms with van der Waals surface area (Å²) in [4.78, 5) is 29.6. The van der Waals surface area contributed by atoms with E-state index in [1.165, 1.54) is 31.3 Å². The lowest BCUT2D eigenvalue weighted by Crippen LogP contribution is -2.32. The van der Waals surface area contributed by atoms with Gasteiger partial charge in [0.25, 0.3) is 11.7 Å². The maximum absolute atomic E-state index is 13.1. The van der Waals surface area contributed by atoms with Crippen LogP contribution in [-0.2, 0) is 9.59 Å². The molecule has 3 rings (SSSR count). The van der Waals surface area contributed by atoms with E-state index in [1.807, 2.05) is 19.0 Å². The zero-order valence-corrected chi connectivity index (χ0v) is 18.7. The predicted octanol–water partition coefficient (Wildman–Crippen LogP) is 2.78. The number of phenols is 1. The fourth-order valence-electron chi connectivity index (χ4n) is 3.89. The normalized spacial score (nSPS) is 17.8. The van der Waals surface area contributed by atoms with E-state index in [0.717, 1.165) is 6.54 Å². The van der Waals surface area contributed by atoms with Crippen molar-refractivity contribution in [2.24, 2.45) is 0 Å². The molecule has 0 aromatic heterocycles. The number of hydrogen-bond acceptors (Lipinski definition) is 7. The Hall–Kier alpha value is -3.52. The Labute approximate surface area is 187 Å². The first kappa shape index (κ1) is 23.1. The summed E-state index contributed by atoms with van der Waals surface area (Å²) in [6.07, 6.45) is 0.645. The third kappa shape index (κ3) is 4.40. The van der Waals surface area contributed by atoms with E-state index in [0.29, 0.717) is 30.0 Å². The van der Waals surface area contributed by atoms with E-state index < -0.39 is 17.7 Å². The average molecular weight is 440 g/mol. The molecule has 0 saturated carbocycles. The number of methoxy groups -OCH3 is 2. The molecule has 1 saturated heterocycles. The molecule has 1 fully saturated rings. The number of carbonyl (C=O) groups excluding carboxylic acids is 2. The molecular weight excluding hydrogens is 412 g/mol. The van der Waals surface area contributed by atoms with Crippen LogP contribution in [0.3, 0.4) is 0 Å². The van der Waals surface area contributed by atoms with Gasteiger partial charge in [0.2, 0.25) is 0 Å². The number of hydrogen-bond donors (Lipinski definition) is 2. The van der Waals surface area contributed by atoms with E-state index >= 15 is 0 Å². The summed E-state index contributed by atoms with van der Waals surface area (Å²) >= 11 is 0. The number of ether oxygens (including phenoxy) is 2. The first-order valence-electron chi connectivity index (χ1n) is 10.2. The van der Waals surface area contributed by atoms with Gasteiger partial charge in [0.15, 0.2) is 0 Å². The molecular formula is C24H28N2O6. The lowest BCUT2D eigenvalue weighted by molar-refractivity contribution is -0.139. The summed E-state index contributed by atoms with van der Waals surface area (Å²) in [7, 11) is 6.75. The summed E-state index contributed by atoms with van der Waals surface area (Å²) in [5.74, 6) is -1.15. The Morgan fingerprint density at radius 3 is 2.16 bits per heavy atom. The minimum absolute atomic E-state index is 0.0478. The Bertz CT molecular complexity index is 1010. The van der Waals surface area contributed by atoms with Gasteiger partial charge in [0, 0.05) is 6.54 Å². The number of nitrogens with zero attached hydrogens (tertiary/aromatic N) is 2. The van der Waals surface area contributed by atoms with Gasteiger partial charge in [0.1, 0.15) is 28.6 Å². The summed E-state index contributed by atoms with van der Waals surface area (Å²) < 4.78 is 10.8. The smallest absolute Gasteiger partial charge is 0.295 e. The molecule has 2 aromatic carbocycles. The molecule has 1 unspecified atom stereocenters. The van der Waals surface area contributed by atoms with Crippen LogP contribution < -0.4 is 9.47 Å². The van der Waals surface area contributed by atoms with Crippen molar-refractivity contribution in [3.05, 3.63) is 59.2 Å². The van der Waals surface area contributed by atoms with Crippen molar-refractivity contribution >= 4 is 17.4 Å². The number of aliphatic hydroxyl groups is 1. The topological polar surface area (TPSA) is 99.5 Å². The van der Waals surface area contributed by atoms with Crippen LogP contribution in [0.1, 0.15) is 23.6 Å². The highest BCUT2D eigenvalue weighted by molar-refractivity contribution is 6.46. The van der Waals surface area contributed by atoms with Gasteiger partial charge in [-0.15, -0.1) is 0 Å². The fraction of sp³-hybridized carbons (Fsp3) is 0.333. The summed E-state index contributed by atoms with van der Waals surface area (Å²) in [6, 6.07) is 10.4. The SMILES string of the molecule is COc1cccc(OC)c1/C(O)=C1\C(=O)C(=O)N(CCCN(C)C)C1c1ccc(O)cc1. The molecule has 0 radical (unpaired) electrons. The zero-order valence-electron chi connectivity index (χ0n) is 18.7. The van der Waals surface area contributed by atoms with Gasteiger partial charge in [-0.05, 0) is 56.9 Å². The number of carbonyl (C=O) groups is 2. The van der Waals surface area contributed by atoms with E-state index in [9.17, 15) is 19.8 Å². The largest absolute Gasteiger partial charge is 0.508 e. The van der Waals surface area contributed by atoms with Crippen molar-refractivity contribution in [1.82, 2.24) is 9.80 Å². The highest BCUT2D eigenvalue weighted by atomic mass is 16.5. The van der Waals surface area contributed by atoms with Gasteiger partial charge >= 0.3 is 0 Å². The molecule has 0 aliphatic carbocycles. The lowest BCUT2D eigenvalue weighted by Gasteiger charge is -2.26. The fourth-order valence-corrected chi connectivity index (χ4v) is 3.89. The minimum atomic E-state index is -0.813. The molecule has 0 bridgehead atoms. The minimum Gasteiger partial charge on any atom is -0.508 e. The van der Waals surface area contributed by atoms with Crippen LogP contribution in [0.2, 0.25) is 0 Å². The van der Waals surface area contributed by atoms with Crippen LogP contribution in [0.25, 0.3) is 5.76 Å². The Balaban J connectivity index is 2.19. The second-order valence-corrected chi connectivity index (χ2v) is 7.78. The summed E-state index contributed by atoms with van der Waals surface area (Å²) in [5.41, 5.74) is 0.753. The van der Waals surface area contributed by atoms with Crippen LogP contribution in [0.15, 0.2) is 48.0 Å². The van der Waals surface area contributed by atoms with Crippen LogP contribution >= 0.6 is 0 Å². The number of ketones is 1. The Morgan fingerprint density at radius 2 is 1.62 bits per heavy atom. The highest BCUT2D eigenvalue weighted by Gasteiger charge is 2.46. The molecule has 8 nitrogen and oxygen atoms in total. The number of aromatic hydroxyl groups is 1. The van der Waals surface area contributed by atoms with E-state index in [-0.39, 0.29) is 22.6 Å². The van der Waals surface area contributed by atoms with Crippen LogP contribution in [0.4, 0.5) is 0 Å². The van der Waals surface area contributed by atoms with Gasteiger partial charge < -0.3 is 29.5 Å². The number of aliphatic hydroxyl groups excluding tert-OH is 1. The number of phenolic OH excluding ortho intramolecular Hbond substituents is 1. The van der Waals surface area contributed by atoms with Gasteiger partial charge in [-0.2, -0.15) is 0 Å². The summed E-state index contributed by atoms with van der Waals surface area (Å²) in [5, 5.41) is 21.0. The standard InChI is InChI=1S/C24H28N2O6/c1-25(2)13-6-14-26-21(15-9-11-16(27)12-10-15)20(23(29)24(26)30)22(28)19-17(31-3)7-5-8-18(19)32-4/h5,7-12,21,27-28H,6,13-14H2,1-4H3/b22-20+. The molecule has 8 heteroatoms. The molecule has 32 heavy (non-hydrogen) atoms. The Morgan fingerprint density at radius 1 is 1.03 bits per heavy atom. The molecule has 1 atom stereocenters. The monoisotopic (exact) mass is 440 g/mol. The van der Waals surface area contributed by atoms with Crippen molar-refractivity contribution in [2.45, 2.75) is 12.5 Å². The molecule has 1 aliphatic heterocycles. The highest BCUT2D eigenvalue weighted by Crippen LogP contribution is 2.43. The van der Waals surface area contributed by atoms with Gasteiger partial charge in [0.05, 0.1) is 25.8 Å². The predicted molar refractivity (Wildman–Crippen MR) is 120 cm³/mol. The van der Waals surface area contributed by atoms with E-state index in [2.05, 4.69) is 0 Å². The van der Waals surface area contributed by atoms with Crippen LogP contribution in [-0.4, -0.2) is 73.1 Å². The van der Waals surface area contributed by atoms with E-state index in [1.54, 1.807) is 30.3 Å². The van der Waals surface area contributed by atoms with Crippen LogP contribution in [0.5, 0.6) is 17.2 Å². The first-order valence-corrected chi connectivity index (χ1v) is 10.2. The van der Waals surface area contributed by atoms with Gasteiger partial charge in [-0.1, -0.05) is 18.2 Å². The second kappa shape index (κ2) is 9.74. The zero-order chi connectivity index (χ0) is 23.4. The first-order chi connectivity index (χ1) is 15.3. The van der Waals surface area contributed by atoms with Crippen LogP contribution in [0, 0.1) is 0 Å². The number of amides is 1. The van der Waals surface area contributed by atoms with Crippen molar-refractivity contribution in [3.63, 3.8) is 0 Å². The Kier molecular flexibility index (Phi) is 7.05. The maximum atomic E-state index is 13.1. The van der Waals surface area contributed by atoms with E-state index in [4.69, 9.17) is 9.47 Å².